The van der Waals surface area contributed by atoms with E-state index in [1.807, 2.05) is 38.1 Å². The topological polar surface area (TPSA) is 99.4 Å². The second-order valence-corrected chi connectivity index (χ2v) is 5.61. The third-order valence-electron chi connectivity index (χ3n) is 3.56. The third kappa shape index (κ3) is 5.28. The lowest BCUT2D eigenvalue weighted by molar-refractivity contribution is 0.284. The van der Waals surface area contributed by atoms with Crippen LogP contribution in [-0.2, 0) is 12.8 Å². The van der Waals surface area contributed by atoms with Crippen LogP contribution >= 0.6 is 0 Å². The highest BCUT2D eigenvalue weighted by Crippen LogP contribution is 2.26. The zero-order valence-electron chi connectivity index (χ0n) is 13.6. The van der Waals surface area contributed by atoms with E-state index in [-0.39, 0.29) is 0 Å². The van der Waals surface area contributed by atoms with Crippen molar-refractivity contribution in [2.24, 2.45) is 0 Å². The van der Waals surface area contributed by atoms with E-state index in [9.17, 15) is 0 Å². The Hall–Kier alpha value is -1.99. The van der Waals surface area contributed by atoms with E-state index in [1.54, 1.807) is 12.1 Å². The van der Waals surface area contributed by atoms with Gasteiger partial charge in [0, 0.05) is 0 Å². The number of hydrogen-bond acceptors (Lipinski definition) is 6. The van der Waals surface area contributed by atoms with Crippen LogP contribution in [0.5, 0.6) is 11.5 Å². The average Bonchev–Trinajstić information content (AvgIpc) is 2.49. The molecule has 0 radical (unpaired) electrons. The molecule has 2 rings (SSSR count). The summed E-state index contributed by atoms with van der Waals surface area (Å²) >= 11 is 0. The van der Waals surface area contributed by atoms with Gasteiger partial charge in [0.25, 0.3) is 0 Å². The molecule has 0 aliphatic rings. The van der Waals surface area contributed by atoms with Crippen molar-refractivity contribution in [3.05, 3.63) is 58.7 Å². The van der Waals surface area contributed by atoms with Crippen molar-refractivity contribution < 1.29 is 29.4 Å². The smallest absolute Gasteiger partial charge is 0.512 e. The molecule has 0 spiro atoms. The van der Waals surface area contributed by atoms with Crippen LogP contribution in [0.4, 0.5) is 0 Å². The standard InChI is InChI=1S/C16H20B2O6/c1-11-3-7-15(23-17(19)20)13(9-11)5-6-14-10-12(2)4-8-16(14)24-18(21)22/h3-4,7-10,19-22H,5-6H2,1-2H3. The predicted octanol–water partition coefficient (Wildman–Crippen LogP) is 0.785. The summed E-state index contributed by atoms with van der Waals surface area (Å²) in [6.07, 6.45) is 1.12. The summed E-state index contributed by atoms with van der Waals surface area (Å²) in [5.74, 6) is 0.792. The molecule has 0 heterocycles. The molecular formula is C16H20B2O6. The first-order valence-electron chi connectivity index (χ1n) is 7.60. The van der Waals surface area contributed by atoms with Crippen LogP contribution in [0.3, 0.4) is 0 Å². The van der Waals surface area contributed by atoms with Crippen molar-refractivity contribution in [2.75, 3.05) is 0 Å². The fourth-order valence-electron chi connectivity index (χ4n) is 2.53. The largest absolute Gasteiger partial charge is 0.707 e. The molecule has 0 fully saturated rings. The van der Waals surface area contributed by atoms with E-state index in [1.165, 1.54) is 0 Å². The number of aryl methyl sites for hydroxylation is 4. The molecule has 0 amide bonds. The number of hydrogen-bond donors (Lipinski definition) is 4. The van der Waals surface area contributed by atoms with Crippen molar-refractivity contribution in [1.82, 2.24) is 0 Å². The molecule has 0 aliphatic carbocycles. The Morgan fingerprint density at radius 1 is 0.708 bits per heavy atom. The minimum absolute atomic E-state index is 0.396. The SMILES string of the molecule is Cc1ccc(OB(O)O)c(CCc2cc(C)ccc2OB(O)O)c1. The zero-order valence-corrected chi connectivity index (χ0v) is 13.6. The highest BCUT2D eigenvalue weighted by molar-refractivity contribution is 6.34. The Bertz CT molecular complexity index is 631. The third-order valence-corrected chi connectivity index (χ3v) is 3.56. The molecule has 2 aromatic rings. The lowest BCUT2D eigenvalue weighted by atomic mass is 9.99. The van der Waals surface area contributed by atoms with Crippen molar-refractivity contribution in [1.29, 1.82) is 0 Å². The van der Waals surface area contributed by atoms with E-state index in [0.717, 1.165) is 22.3 Å². The summed E-state index contributed by atoms with van der Waals surface area (Å²) in [6, 6.07) is 10.9. The van der Waals surface area contributed by atoms with E-state index in [2.05, 4.69) is 0 Å². The minimum atomic E-state index is -1.88. The monoisotopic (exact) mass is 330 g/mol. The average molecular weight is 330 g/mol. The summed E-state index contributed by atoms with van der Waals surface area (Å²) in [4.78, 5) is 0. The van der Waals surface area contributed by atoms with Crippen LogP contribution in [0.1, 0.15) is 22.3 Å². The van der Waals surface area contributed by atoms with E-state index in [4.69, 9.17) is 29.4 Å². The second kappa shape index (κ2) is 8.21. The van der Waals surface area contributed by atoms with Gasteiger partial charge in [0.2, 0.25) is 0 Å². The van der Waals surface area contributed by atoms with Crippen molar-refractivity contribution in [3.8, 4) is 11.5 Å². The van der Waals surface area contributed by atoms with Crippen LogP contribution in [0.25, 0.3) is 0 Å². The first-order valence-corrected chi connectivity index (χ1v) is 7.60. The maximum Gasteiger partial charge on any atom is 0.707 e. The Labute approximate surface area is 141 Å². The van der Waals surface area contributed by atoms with Crippen molar-refractivity contribution in [2.45, 2.75) is 26.7 Å². The Kier molecular flexibility index (Phi) is 6.28. The molecule has 0 saturated carbocycles. The van der Waals surface area contributed by atoms with Crippen LogP contribution in [0.15, 0.2) is 36.4 Å². The van der Waals surface area contributed by atoms with E-state index >= 15 is 0 Å². The highest BCUT2D eigenvalue weighted by atomic mass is 16.6. The lowest BCUT2D eigenvalue weighted by Gasteiger charge is -2.15. The molecule has 0 saturated heterocycles. The molecule has 2 aromatic carbocycles. The molecule has 8 heteroatoms. The highest BCUT2D eigenvalue weighted by Gasteiger charge is 2.17. The summed E-state index contributed by atoms with van der Waals surface area (Å²) < 4.78 is 10.0. The molecule has 126 valence electrons. The lowest BCUT2D eigenvalue weighted by Crippen LogP contribution is -2.22. The molecule has 0 aliphatic heterocycles. The summed E-state index contributed by atoms with van der Waals surface area (Å²) in [7, 11) is -3.76. The summed E-state index contributed by atoms with van der Waals surface area (Å²) in [6.45, 7) is 3.87. The first-order chi connectivity index (χ1) is 11.3. The fraction of sp³-hybridized carbons (Fsp3) is 0.250. The number of benzene rings is 2. The van der Waals surface area contributed by atoms with Crippen LogP contribution < -0.4 is 9.31 Å². The van der Waals surface area contributed by atoms with Gasteiger partial charge >= 0.3 is 14.6 Å². The van der Waals surface area contributed by atoms with Gasteiger partial charge < -0.3 is 29.4 Å². The van der Waals surface area contributed by atoms with Gasteiger partial charge in [-0.25, -0.2) is 0 Å². The van der Waals surface area contributed by atoms with Gasteiger partial charge in [-0.2, -0.15) is 0 Å². The molecule has 24 heavy (non-hydrogen) atoms. The van der Waals surface area contributed by atoms with Gasteiger partial charge in [-0.1, -0.05) is 35.4 Å². The maximum atomic E-state index is 9.02. The summed E-state index contributed by atoms with van der Waals surface area (Å²) in [5, 5.41) is 36.1. The molecular weight excluding hydrogens is 310 g/mol. The maximum absolute atomic E-state index is 9.02. The van der Waals surface area contributed by atoms with Gasteiger partial charge in [0.05, 0.1) is 0 Å². The number of rotatable bonds is 7. The van der Waals surface area contributed by atoms with Crippen LogP contribution in [-0.4, -0.2) is 34.7 Å². The van der Waals surface area contributed by atoms with Crippen LogP contribution in [0, 0.1) is 13.8 Å². The van der Waals surface area contributed by atoms with E-state index < -0.39 is 14.6 Å². The van der Waals surface area contributed by atoms with Gasteiger partial charge in [0.1, 0.15) is 11.5 Å². The molecule has 0 unspecified atom stereocenters. The van der Waals surface area contributed by atoms with Gasteiger partial charge in [0.15, 0.2) is 0 Å². The van der Waals surface area contributed by atoms with Crippen molar-refractivity contribution in [3.63, 3.8) is 0 Å². The quantitative estimate of drug-likeness (QED) is 0.560. The van der Waals surface area contributed by atoms with Crippen molar-refractivity contribution >= 4 is 14.6 Å². The Morgan fingerprint density at radius 3 is 1.42 bits per heavy atom. The second-order valence-electron chi connectivity index (χ2n) is 5.61. The normalized spacial score (nSPS) is 10.4. The molecule has 4 N–H and O–H groups in total. The fourth-order valence-corrected chi connectivity index (χ4v) is 2.53. The van der Waals surface area contributed by atoms with Gasteiger partial charge in [-0.3, -0.25) is 0 Å². The molecule has 6 nitrogen and oxygen atoms in total. The van der Waals surface area contributed by atoms with Gasteiger partial charge in [-0.15, -0.1) is 0 Å². The predicted molar refractivity (Wildman–Crippen MR) is 91.4 cm³/mol. The first kappa shape index (κ1) is 18.3. The molecule has 0 aromatic heterocycles. The van der Waals surface area contributed by atoms with Crippen LogP contribution in [0.2, 0.25) is 0 Å². The Morgan fingerprint density at radius 2 is 1.08 bits per heavy atom. The summed E-state index contributed by atoms with van der Waals surface area (Å²) in [5.41, 5.74) is 3.69. The minimum Gasteiger partial charge on any atom is -0.512 e. The van der Waals surface area contributed by atoms with Gasteiger partial charge in [-0.05, 0) is 49.9 Å². The Balaban J connectivity index is 2.21. The molecule has 0 atom stereocenters. The zero-order chi connectivity index (χ0) is 17.7. The van der Waals surface area contributed by atoms with E-state index in [0.29, 0.717) is 24.3 Å². The molecule has 0 bridgehead atoms.